The van der Waals surface area contributed by atoms with Crippen molar-refractivity contribution >= 4 is 0 Å². The molecule has 9 heavy (non-hydrogen) atoms. The van der Waals surface area contributed by atoms with E-state index in [4.69, 9.17) is 2.80 Å². The van der Waals surface area contributed by atoms with E-state index in [1.165, 1.54) is 0 Å². The predicted octanol–water partition coefficient (Wildman–Crippen LogP) is -0.00100. The van der Waals surface area contributed by atoms with E-state index in [0.29, 0.717) is 0 Å². The minimum Gasteiger partial charge on any atom is -0.396 e. The van der Waals surface area contributed by atoms with Crippen molar-refractivity contribution in [1.82, 2.24) is 0 Å². The van der Waals surface area contributed by atoms with Gasteiger partial charge in [0.1, 0.15) is 1.37 Å². The maximum atomic E-state index is 9.23. The molecular formula is C7H12O2. The predicted molar refractivity (Wildman–Crippen MR) is 35.7 cm³/mol. The van der Waals surface area contributed by atoms with E-state index in [9.17, 15) is 5.11 Å². The third-order valence-electron chi connectivity index (χ3n) is 1.23. The van der Waals surface area contributed by atoms with Crippen LogP contribution >= 0.6 is 0 Å². The molecule has 2 nitrogen and oxygen atoms in total. The van der Waals surface area contributed by atoms with Gasteiger partial charge in [0.25, 0.3) is 0 Å². The first-order valence-corrected chi connectivity index (χ1v) is 2.88. The Morgan fingerprint density at radius 3 is 3.33 bits per heavy atom. The molecule has 0 spiro atoms. The van der Waals surface area contributed by atoms with Crippen LogP contribution in [-0.4, -0.2) is 24.4 Å². The van der Waals surface area contributed by atoms with Crippen molar-refractivity contribution in [3.8, 4) is 12.3 Å². The third-order valence-corrected chi connectivity index (χ3v) is 1.23. The zero-order valence-corrected chi connectivity index (χ0v) is 5.42. The summed E-state index contributed by atoms with van der Waals surface area (Å²) in [5.74, 6) is 2.33. The minimum absolute atomic E-state index is 0.103. The summed E-state index contributed by atoms with van der Waals surface area (Å²) in [7, 11) is 0. The highest BCUT2D eigenvalue weighted by Crippen LogP contribution is 2.03. The summed E-state index contributed by atoms with van der Waals surface area (Å²) < 4.78 is 12.9. The van der Waals surface area contributed by atoms with Crippen LogP contribution in [0.4, 0.5) is 0 Å². The van der Waals surface area contributed by atoms with Gasteiger partial charge in [0, 0.05) is 18.9 Å². The van der Waals surface area contributed by atoms with Crippen molar-refractivity contribution in [2.45, 2.75) is 19.4 Å². The topological polar surface area (TPSA) is 40.5 Å². The second-order valence-electron chi connectivity index (χ2n) is 2.09. The average molecular weight is 132 g/mol. The fourth-order valence-electron chi connectivity index (χ4n) is 0.417. The molecule has 0 aliphatic carbocycles. The molecule has 0 aromatic carbocycles. The molecule has 0 fully saturated rings. The summed E-state index contributed by atoms with van der Waals surface area (Å²) >= 11 is 0. The normalized spacial score (nSPS) is 18.4. The van der Waals surface area contributed by atoms with E-state index in [-0.39, 0.29) is 18.9 Å². The molecule has 0 bridgehead atoms. The molecule has 0 aliphatic heterocycles. The molecule has 0 aromatic rings. The van der Waals surface area contributed by atoms with Crippen LogP contribution in [0.3, 0.4) is 0 Å². The molecule has 2 heteroatoms. The fourth-order valence-corrected chi connectivity index (χ4v) is 0.417. The monoisotopic (exact) mass is 132 g/mol. The first-order chi connectivity index (χ1) is 5.22. The van der Waals surface area contributed by atoms with E-state index in [2.05, 4.69) is 11.0 Å². The number of terminal acetylenes is 1. The van der Waals surface area contributed by atoms with E-state index in [1.54, 1.807) is 6.92 Å². The van der Waals surface area contributed by atoms with E-state index < -0.39 is 6.10 Å². The zero-order chi connectivity index (χ0) is 8.69. The number of aliphatic hydroxyl groups excluding tert-OH is 2. The summed E-state index contributed by atoms with van der Waals surface area (Å²) in [6.45, 7) is 1.96. The quantitative estimate of drug-likeness (QED) is 0.528. The van der Waals surface area contributed by atoms with Crippen LogP contribution in [0.5, 0.6) is 0 Å². The van der Waals surface area contributed by atoms with Crippen LogP contribution in [0.1, 0.15) is 14.7 Å². The Hall–Kier alpha value is -0.520. The Bertz CT molecular complexity index is 150. The van der Waals surface area contributed by atoms with Crippen LogP contribution in [0.15, 0.2) is 0 Å². The van der Waals surface area contributed by atoms with Gasteiger partial charge < -0.3 is 10.2 Å². The molecule has 0 saturated heterocycles. The van der Waals surface area contributed by atoms with Crippen LogP contribution in [-0.2, 0) is 0 Å². The number of rotatable bonds is 4. The maximum Gasteiger partial charge on any atom is 0.210 e. The zero-order valence-electron chi connectivity index (χ0n) is 7.42. The summed E-state index contributed by atoms with van der Waals surface area (Å²) in [6, 6.07) is 0. The van der Waals surface area contributed by atoms with Gasteiger partial charge in [0.05, 0.1) is 6.10 Å². The van der Waals surface area contributed by atoms with Gasteiger partial charge in [-0.2, -0.15) is 0 Å². The standard InChI is InChI=1S/C7H12O2/c1-3-4-7(9)6(2)5-8/h1,6-9H,4-5H2,2H3/t6-,7-/m0/s1/i1T,8T. The van der Waals surface area contributed by atoms with Gasteiger partial charge in [-0.15, -0.1) is 12.3 Å². The molecule has 2 atom stereocenters. The first-order valence-electron chi connectivity index (χ1n) is 3.79. The molecule has 0 radical (unpaired) electrons. The van der Waals surface area contributed by atoms with Crippen LogP contribution in [0.2, 0.25) is 0 Å². The first kappa shape index (κ1) is 5.28. The van der Waals surface area contributed by atoms with Crippen LogP contribution in [0.25, 0.3) is 0 Å². The van der Waals surface area contributed by atoms with Gasteiger partial charge in [-0.3, -0.25) is 0 Å². The molecule has 0 amide bonds. The van der Waals surface area contributed by atoms with Gasteiger partial charge in [-0.1, -0.05) is 6.92 Å². The Balaban J connectivity index is 3.59. The van der Waals surface area contributed by atoms with Crippen molar-refractivity contribution in [3.05, 3.63) is 0 Å². The van der Waals surface area contributed by atoms with Crippen LogP contribution in [0, 0.1) is 18.2 Å². The maximum absolute atomic E-state index is 9.23. The molecule has 0 aromatic heterocycles. The van der Waals surface area contributed by atoms with Crippen molar-refractivity contribution in [1.29, 1.82) is 1.43 Å². The van der Waals surface area contributed by atoms with Gasteiger partial charge in [0.15, 0.2) is 0 Å². The lowest BCUT2D eigenvalue weighted by Gasteiger charge is -2.12. The van der Waals surface area contributed by atoms with Crippen molar-refractivity contribution in [2.24, 2.45) is 5.92 Å². The molecule has 0 aliphatic rings. The van der Waals surface area contributed by atoms with Crippen molar-refractivity contribution in [2.75, 3.05) is 6.61 Å². The van der Waals surface area contributed by atoms with Crippen molar-refractivity contribution in [3.63, 3.8) is 0 Å². The number of hydrogen-bond donors (Lipinski definition) is 2. The van der Waals surface area contributed by atoms with Gasteiger partial charge in [-0.25, -0.2) is 0 Å². The largest absolute Gasteiger partial charge is 0.396 e. The Morgan fingerprint density at radius 1 is 2.00 bits per heavy atom. The molecule has 0 rings (SSSR count). The third kappa shape index (κ3) is 3.12. The van der Waals surface area contributed by atoms with Crippen LogP contribution < -0.4 is 0 Å². The highest BCUT2D eigenvalue weighted by Gasteiger charge is 2.10. The Kier molecular flexibility index (Phi) is 2.56. The Labute approximate surface area is 58.4 Å². The second-order valence-corrected chi connectivity index (χ2v) is 2.09. The lowest BCUT2D eigenvalue weighted by Crippen LogP contribution is -2.19. The highest BCUT2D eigenvalue weighted by atomic mass is 16.3. The molecule has 52 valence electrons. The summed E-state index contributed by atoms with van der Waals surface area (Å²) in [4.78, 5) is 0. The lowest BCUT2D eigenvalue weighted by molar-refractivity contribution is 0.0811. The molecule has 2 N–H and O–H groups in total. The summed E-state index contributed by atoms with van der Waals surface area (Å²) in [6.07, 6.45) is 1.62. The Morgan fingerprint density at radius 2 is 2.78 bits per heavy atom. The van der Waals surface area contributed by atoms with Crippen molar-refractivity contribution < 1.29 is 11.6 Å². The molecular weight excluding hydrogens is 116 g/mol. The van der Waals surface area contributed by atoms with E-state index in [0.717, 1.165) is 0 Å². The SMILES string of the molecule is [3H]C#CC[C@H](O)[C@@H](C)CO[3H]. The molecule has 0 unspecified atom stereocenters. The second kappa shape index (κ2) is 4.37. The van der Waals surface area contributed by atoms with E-state index in [1.807, 2.05) is 6.40 Å². The van der Waals surface area contributed by atoms with Gasteiger partial charge in [-0.05, 0) is 0 Å². The lowest BCUT2D eigenvalue weighted by atomic mass is 10.0. The highest BCUT2D eigenvalue weighted by molar-refractivity contribution is 4.88. The summed E-state index contributed by atoms with van der Waals surface area (Å²) in [5.41, 5.74) is 0. The smallest absolute Gasteiger partial charge is 0.210 e. The van der Waals surface area contributed by atoms with Gasteiger partial charge >= 0.3 is 0 Å². The number of aliphatic hydroxyl groups is 2. The number of hydrogen-bond acceptors (Lipinski definition) is 2. The van der Waals surface area contributed by atoms with Gasteiger partial charge in [0.2, 0.25) is 1.43 Å². The van der Waals surface area contributed by atoms with E-state index >= 15 is 0 Å². The fraction of sp³-hybridized carbons (Fsp3) is 0.714. The molecule has 0 saturated carbocycles. The molecule has 0 heterocycles. The minimum atomic E-state index is -0.599. The summed E-state index contributed by atoms with van der Waals surface area (Å²) in [5, 5.41) is 13.3. The average Bonchev–Trinajstić information content (AvgIpc) is 2.00.